The van der Waals surface area contributed by atoms with E-state index in [-0.39, 0.29) is 24.4 Å². The zero-order valence-electron chi connectivity index (χ0n) is 13.7. The van der Waals surface area contributed by atoms with Gasteiger partial charge in [-0.1, -0.05) is 30.3 Å². The molecule has 0 aliphatic carbocycles. The van der Waals surface area contributed by atoms with Crippen molar-refractivity contribution in [2.24, 2.45) is 0 Å². The molecule has 0 aliphatic heterocycles. The lowest BCUT2D eigenvalue weighted by molar-refractivity contribution is -0.120. The van der Waals surface area contributed by atoms with E-state index >= 15 is 0 Å². The fourth-order valence-corrected chi connectivity index (χ4v) is 2.17. The Labute approximate surface area is 139 Å². The Balaban J connectivity index is 0.00000441. The van der Waals surface area contributed by atoms with Crippen LogP contribution in [-0.4, -0.2) is 57.2 Å². The molecule has 22 heavy (non-hydrogen) atoms. The predicted octanol–water partition coefficient (Wildman–Crippen LogP) is 1.28. The summed E-state index contributed by atoms with van der Waals surface area (Å²) < 4.78 is 4.91. The summed E-state index contributed by atoms with van der Waals surface area (Å²) >= 11 is 0. The zero-order chi connectivity index (χ0) is 15.5. The van der Waals surface area contributed by atoms with Gasteiger partial charge in [0, 0.05) is 32.8 Å². The first-order valence-electron chi connectivity index (χ1n) is 7.33. The third-order valence-electron chi connectivity index (χ3n) is 3.06. The Kier molecular flexibility index (Phi) is 11.8. The Morgan fingerprint density at radius 1 is 1.32 bits per heavy atom. The molecule has 1 aromatic carbocycles. The van der Waals surface area contributed by atoms with Gasteiger partial charge in [-0.05, 0) is 19.5 Å². The van der Waals surface area contributed by atoms with Crippen molar-refractivity contribution in [2.75, 3.05) is 40.4 Å². The van der Waals surface area contributed by atoms with E-state index in [0.717, 1.165) is 13.1 Å². The molecule has 0 saturated carbocycles. The van der Waals surface area contributed by atoms with E-state index < -0.39 is 0 Å². The molecule has 1 aromatic rings. The lowest BCUT2D eigenvalue weighted by atomic mass is 10.2. The van der Waals surface area contributed by atoms with Crippen LogP contribution in [0.2, 0.25) is 0 Å². The summed E-state index contributed by atoms with van der Waals surface area (Å²) in [5, 5.41) is 6.02. The molecule has 1 atom stereocenters. The van der Waals surface area contributed by atoms with Crippen molar-refractivity contribution in [1.29, 1.82) is 0 Å². The van der Waals surface area contributed by atoms with Crippen LogP contribution in [0.25, 0.3) is 0 Å². The number of carbonyl (C=O) groups is 1. The largest absolute Gasteiger partial charge is 0.383 e. The highest BCUT2D eigenvalue weighted by Gasteiger charge is 2.09. The summed E-state index contributed by atoms with van der Waals surface area (Å²) in [4.78, 5) is 13.9. The maximum Gasteiger partial charge on any atom is 0.234 e. The van der Waals surface area contributed by atoms with Crippen LogP contribution in [-0.2, 0) is 16.1 Å². The van der Waals surface area contributed by atoms with Gasteiger partial charge >= 0.3 is 0 Å². The number of likely N-dealkylation sites (N-methyl/N-ethyl adjacent to an activating group) is 1. The standard InChI is InChI=1S/C16H27N3O2.ClH/c1-14(18-16(20)11-17-9-10-21-3)12-19(2)13-15-7-5-4-6-8-15;/h4-8,14,17H,9-13H2,1-3H3,(H,18,20);1H. The first kappa shape index (κ1) is 20.9. The van der Waals surface area contributed by atoms with E-state index in [4.69, 9.17) is 4.74 Å². The number of rotatable bonds is 10. The van der Waals surface area contributed by atoms with E-state index in [1.165, 1.54) is 5.56 Å². The molecule has 1 unspecified atom stereocenters. The van der Waals surface area contributed by atoms with E-state index in [9.17, 15) is 4.79 Å². The van der Waals surface area contributed by atoms with Crippen molar-refractivity contribution >= 4 is 18.3 Å². The van der Waals surface area contributed by atoms with Crippen LogP contribution in [0.3, 0.4) is 0 Å². The quantitative estimate of drug-likeness (QED) is 0.635. The number of nitrogens with one attached hydrogen (secondary N) is 2. The van der Waals surface area contributed by atoms with Crippen LogP contribution in [0.1, 0.15) is 12.5 Å². The van der Waals surface area contributed by atoms with Crippen molar-refractivity contribution in [1.82, 2.24) is 15.5 Å². The highest BCUT2D eigenvalue weighted by molar-refractivity contribution is 5.85. The molecule has 126 valence electrons. The van der Waals surface area contributed by atoms with Crippen molar-refractivity contribution in [3.8, 4) is 0 Å². The topological polar surface area (TPSA) is 53.6 Å². The number of ether oxygens (including phenoxy) is 1. The third kappa shape index (κ3) is 9.73. The minimum atomic E-state index is 0. The fourth-order valence-electron chi connectivity index (χ4n) is 2.17. The van der Waals surface area contributed by atoms with Crippen LogP contribution in [0, 0.1) is 0 Å². The monoisotopic (exact) mass is 329 g/mol. The summed E-state index contributed by atoms with van der Waals surface area (Å²) in [5.41, 5.74) is 1.28. The molecule has 0 aromatic heterocycles. The van der Waals surface area contributed by atoms with Gasteiger partial charge < -0.3 is 20.3 Å². The number of hydrogen-bond acceptors (Lipinski definition) is 4. The third-order valence-corrected chi connectivity index (χ3v) is 3.06. The average molecular weight is 330 g/mol. The van der Waals surface area contributed by atoms with Gasteiger partial charge in [0.1, 0.15) is 0 Å². The normalized spacial score (nSPS) is 11.8. The van der Waals surface area contributed by atoms with Crippen molar-refractivity contribution in [3.05, 3.63) is 35.9 Å². The van der Waals surface area contributed by atoms with Gasteiger partial charge in [-0.3, -0.25) is 4.79 Å². The maximum atomic E-state index is 11.7. The highest BCUT2D eigenvalue weighted by Crippen LogP contribution is 2.02. The molecule has 2 N–H and O–H groups in total. The Morgan fingerprint density at radius 3 is 2.64 bits per heavy atom. The first-order chi connectivity index (χ1) is 10.1. The van der Waals surface area contributed by atoms with Gasteiger partial charge in [-0.15, -0.1) is 12.4 Å². The van der Waals surface area contributed by atoms with Gasteiger partial charge in [0.05, 0.1) is 13.2 Å². The molecule has 0 fully saturated rings. The molecule has 0 spiro atoms. The molecule has 1 rings (SSSR count). The van der Waals surface area contributed by atoms with Gasteiger partial charge in [-0.2, -0.15) is 0 Å². The number of amides is 1. The number of halogens is 1. The van der Waals surface area contributed by atoms with Gasteiger partial charge in [0.25, 0.3) is 0 Å². The SMILES string of the molecule is COCCNCC(=O)NC(C)CN(C)Cc1ccccc1.Cl. The van der Waals surface area contributed by atoms with Gasteiger partial charge in [0.15, 0.2) is 0 Å². The minimum Gasteiger partial charge on any atom is -0.383 e. The van der Waals surface area contributed by atoms with Crippen molar-refractivity contribution < 1.29 is 9.53 Å². The second kappa shape index (κ2) is 12.4. The van der Waals surface area contributed by atoms with E-state index in [2.05, 4.69) is 34.7 Å². The molecule has 0 saturated heterocycles. The van der Waals surface area contributed by atoms with Crippen LogP contribution < -0.4 is 10.6 Å². The number of nitrogens with zero attached hydrogens (tertiary/aromatic N) is 1. The molecule has 0 radical (unpaired) electrons. The smallest absolute Gasteiger partial charge is 0.234 e. The molecule has 0 aliphatic rings. The summed E-state index contributed by atoms with van der Waals surface area (Å²) in [6.07, 6.45) is 0. The zero-order valence-corrected chi connectivity index (χ0v) is 14.5. The van der Waals surface area contributed by atoms with Crippen LogP contribution in [0.4, 0.5) is 0 Å². The number of methoxy groups -OCH3 is 1. The van der Waals surface area contributed by atoms with Crippen molar-refractivity contribution in [2.45, 2.75) is 19.5 Å². The molecule has 1 amide bonds. The fraction of sp³-hybridized carbons (Fsp3) is 0.562. The number of benzene rings is 1. The molecule has 5 nitrogen and oxygen atoms in total. The van der Waals surface area contributed by atoms with E-state index in [0.29, 0.717) is 19.7 Å². The minimum absolute atomic E-state index is 0. The summed E-state index contributed by atoms with van der Waals surface area (Å²) in [6, 6.07) is 10.4. The lowest BCUT2D eigenvalue weighted by Crippen LogP contribution is -2.44. The summed E-state index contributed by atoms with van der Waals surface area (Å²) in [5.74, 6) is 0.0201. The molecule has 0 heterocycles. The predicted molar refractivity (Wildman–Crippen MR) is 92.4 cm³/mol. The van der Waals surface area contributed by atoms with Crippen LogP contribution >= 0.6 is 12.4 Å². The average Bonchev–Trinajstić information content (AvgIpc) is 2.44. The second-order valence-corrected chi connectivity index (χ2v) is 5.32. The Bertz CT molecular complexity index is 404. The summed E-state index contributed by atoms with van der Waals surface area (Å²) in [6.45, 7) is 5.35. The van der Waals surface area contributed by atoms with E-state index in [1.807, 2.05) is 25.1 Å². The Morgan fingerprint density at radius 2 is 2.00 bits per heavy atom. The molecule has 6 heteroatoms. The molecular formula is C16H28ClN3O2. The Hall–Kier alpha value is -1.14. The number of hydrogen-bond donors (Lipinski definition) is 2. The van der Waals surface area contributed by atoms with Crippen LogP contribution in [0.15, 0.2) is 30.3 Å². The maximum absolute atomic E-state index is 11.7. The van der Waals surface area contributed by atoms with Gasteiger partial charge in [0.2, 0.25) is 5.91 Å². The lowest BCUT2D eigenvalue weighted by Gasteiger charge is -2.22. The summed E-state index contributed by atoms with van der Waals surface area (Å²) in [7, 11) is 3.71. The highest BCUT2D eigenvalue weighted by atomic mass is 35.5. The van der Waals surface area contributed by atoms with Crippen LogP contribution in [0.5, 0.6) is 0 Å². The molecular weight excluding hydrogens is 302 g/mol. The van der Waals surface area contributed by atoms with E-state index in [1.54, 1.807) is 7.11 Å². The number of carbonyl (C=O) groups excluding carboxylic acids is 1. The van der Waals surface area contributed by atoms with Crippen molar-refractivity contribution in [3.63, 3.8) is 0 Å². The first-order valence-corrected chi connectivity index (χ1v) is 7.33. The van der Waals surface area contributed by atoms with Gasteiger partial charge in [-0.25, -0.2) is 0 Å². The second-order valence-electron chi connectivity index (χ2n) is 5.32. The molecule has 0 bridgehead atoms.